The van der Waals surface area contributed by atoms with E-state index in [4.69, 9.17) is 0 Å². The summed E-state index contributed by atoms with van der Waals surface area (Å²) in [5.74, 6) is 0.265. The van der Waals surface area contributed by atoms with E-state index in [1.807, 2.05) is 0 Å². The van der Waals surface area contributed by atoms with E-state index in [2.05, 4.69) is 5.32 Å². The number of piperidine rings is 1. The summed E-state index contributed by atoms with van der Waals surface area (Å²) >= 11 is 0. The van der Waals surface area contributed by atoms with Gasteiger partial charge in [0.15, 0.2) is 0 Å². The molecule has 15 heavy (non-hydrogen) atoms. The zero-order valence-corrected chi connectivity index (χ0v) is 9.50. The maximum absolute atomic E-state index is 11.0. The molecule has 1 rings (SSSR count). The van der Waals surface area contributed by atoms with Crippen molar-refractivity contribution >= 4 is 12.1 Å². The lowest BCUT2D eigenvalue weighted by atomic mass is 9.93. The van der Waals surface area contributed by atoms with E-state index >= 15 is 0 Å². The molecular weight excluding hydrogens is 190 g/mol. The highest BCUT2D eigenvalue weighted by atomic mass is 16.1. The standard InChI is InChI=1S/C12H21NO2/c1-10(15)9-12-7-4-6-11(13-12)5-2-3-8-14/h8,11-13H,2-7,9H2,1H3/t11-,12+/m1/s1. The quantitative estimate of drug-likeness (QED) is 0.538. The fourth-order valence-corrected chi connectivity index (χ4v) is 2.29. The minimum atomic E-state index is 0.265. The second kappa shape index (κ2) is 6.72. The van der Waals surface area contributed by atoms with Crippen LogP contribution < -0.4 is 5.32 Å². The van der Waals surface area contributed by atoms with Crippen LogP contribution in [0.1, 0.15) is 51.9 Å². The van der Waals surface area contributed by atoms with Gasteiger partial charge in [-0.15, -0.1) is 0 Å². The Bertz CT molecular complexity index is 216. The van der Waals surface area contributed by atoms with Crippen LogP contribution in [0.25, 0.3) is 0 Å². The zero-order valence-electron chi connectivity index (χ0n) is 9.50. The van der Waals surface area contributed by atoms with E-state index < -0.39 is 0 Å². The molecule has 1 aliphatic rings. The third-order valence-electron chi connectivity index (χ3n) is 2.98. The Kier molecular flexibility index (Phi) is 5.54. The van der Waals surface area contributed by atoms with Gasteiger partial charge in [0.1, 0.15) is 12.1 Å². The van der Waals surface area contributed by atoms with E-state index in [-0.39, 0.29) is 5.78 Å². The lowest BCUT2D eigenvalue weighted by molar-refractivity contribution is -0.117. The van der Waals surface area contributed by atoms with Crippen LogP contribution in [-0.2, 0) is 9.59 Å². The fourth-order valence-electron chi connectivity index (χ4n) is 2.29. The number of carbonyl (C=O) groups is 2. The monoisotopic (exact) mass is 211 g/mol. The summed E-state index contributed by atoms with van der Waals surface area (Å²) in [6, 6.07) is 0.889. The van der Waals surface area contributed by atoms with Crippen molar-refractivity contribution in [2.45, 2.75) is 64.0 Å². The summed E-state index contributed by atoms with van der Waals surface area (Å²) in [5.41, 5.74) is 0. The van der Waals surface area contributed by atoms with Gasteiger partial charge in [-0.3, -0.25) is 4.79 Å². The maximum atomic E-state index is 11.0. The van der Waals surface area contributed by atoms with E-state index in [1.54, 1.807) is 6.92 Å². The molecule has 0 bridgehead atoms. The number of aldehydes is 1. The first-order valence-electron chi connectivity index (χ1n) is 5.91. The second-order valence-corrected chi connectivity index (χ2v) is 4.50. The third kappa shape index (κ3) is 5.07. The van der Waals surface area contributed by atoms with E-state index in [9.17, 15) is 9.59 Å². The first kappa shape index (κ1) is 12.4. The van der Waals surface area contributed by atoms with Gasteiger partial charge in [0, 0.05) is 24.9 Å². The number of Topliss-reactive ketones (excluding diaryl/α,β-unsaturated/α-hetero) is 1. The Morgan fingerprint density at radius 3 is 2.80 bits per heavy atom. The summed E-state index contributed by atoms with van der Waals surface area (Å²) in [5, 5.41) is 3.51. The van der Waals surface area contributed by atoms with Gasteiger partial charge < -0.3 is 10.1 Å². The lowest BCUT2D eigenvalue weighted by Gasteiger charge is -2.30. The second-order valence-electron chi connectivity index (χ2n) is 4.50. The highest BCUT2D eigenvalue weighted by Gasteiger charge is 2.21. The minimum Gasteiger partial charge on any atom is -0.311 e. The van der Waals surface area contributed by atoms with Crippen LogP contribution >= 0.6 is 0 Å². The molecule has 1 heterocycles. The van der Waals surface area contributed by atoms with Crippen LogP contribution in [-0.4, -0.2) is 24.2 Å². The molecule has 0 radical (unpaired) electrons. The fraction of sp³-hybridized carbons (Fsp3) is 0.833. The molecule has 0 saturated carbocycles. The Hall–Kier alpha value is -0.700. The van der Waals surface area contributed by atoms with Crippen LogP contribution in [0.15, 0.2) is 0 Å². The van der Waals surface area contributed by atoms with Crippen molar-refractivity contribution in [3.05, 3.63) is 0 Å². The Labute approximate surface area is 91.6 Å². The number of ketones is 1. The Balaban J connectivity index is 2.22. The van der Waals surface area contributed by atoms with E-state index in [1.165, 1.54) is 12.8 Å². The number of rotatable bonds is 6. The molecule has 0 aliphatic carbocycles. The molecular formula is C12H21NO2. The summed E-state index contributed by atoms with van der Waals surface area (Å²) in [4.78, 5) is 21.2. The highest BCUT2D eigenvalue weighted by molar-refractivity contribution is 5.76. The molecule has 0 spiro atoms. The molecule has 0 aromatic rings. The number of unbranched alkanes of at least 4 members (excludes halogenated alkanes) is 1. The predicted molar refractivity (Wildman–Crippen MR) is 59.8 cm³/mol. The van der Waals surface area contributed by atoms with Gasteiger partial charge in [-0.25, -0.2) is 0 Å². The third-order valence-corrected chi connectivity index (χ3v) is 2.98. The van der Waals surface area contributed by atoms with Gasteiger partial charge in [-0.1, -0.05) is 6.42 Å². The van der Waals surface area contributed by atoms with Crippen LogP contribution in [0, 0.1) is 0 Å². The van der Waals surface area contributed by atoms with Crippen LogP contribution in [0.4, 0.5) is 0 Å². The summed E-state index contributed by atoms with van der Waals surface area (Å²) in [6.07, 6.45) is 7.84. The van der Waals surface area contributed by atoms with Crippen molar-refractivity contribution in [1.82, 2.24) is 5.32 Å². The summed E-state index contributed by atoms with van der Waals surface area (Å²) in [6.45, 7) is 1.65. The SMILES string of the molecule is CC(=O)C[C@@H]1CCC[C@@H](CCCC=O)N1. The first-order valence-corrected chi connectivity index (χ1v) is 5.91. The Morgan fingerprint density at radius 2 is 2.13 bits per heavy atom. The molecule has 3 nitrogen and oxygen atoms in total. The zero-order chi connectivity index (χ0) is 11.1. The van der Waals surface area contributed by atoms with Crippen molar-refractivity contribution in [3.63, 3.8) is 0 Å². The van der Waals surface area contributed by atoms with E-state index in [0.29, 0.717) is 24.9 Å². The van der Waals surface area contributed by atoms with Gasteiger partial charge in [0.05, 0.1) is 0 Å². The molecule has 0 unspecified atom stereocenters. The van der Waals surface area contributed by atoms with Crippen molar-refractivity contribution in [3.8, 4) is 0 Å². The van der Waals surface area contributed by atoms with Crippen molar-refractivity contribution in [2.24, 2.45) is 0 Å². The molecule has 2 atom stereocenters. The summed E-state index contributed by atoms with van der Waals surface area (Å²) in [7, 11) is 0. The van der Waals surface area contributed by atoms with Crippen LogP contribution in [0.2, 0.25) is 0 Å². The van der Waals surface area contributed by atoms with Crippen molar-refractivity contribution < 1.29 is 9.59 Å². The van der Waals surface area contributed by atoms with Gasteiger partial charge >= 0.3 is 0 Å². The molecule has 0 aromatic carbocycles. The average molecular weight is 211 g/mol. The smallest absolute Gasteiger partial charge is 0.131 e. The average Bonchev–Trinajstić information content (AvgIpc) is 2.18. The van der Waals surface area contributed by atoms with Gasteiger partial charge in [-0.2, -0.15) is 0 Å². The lowest BCUT2D eigenvalue weighted by Crippen LogP contribution is -2.43. The maximum Gasteiger partial charge on any atom is 0.131 e. The predicted octanol–water partition coefficient (Wildman–Crippen LogP) is 1.85. The minimum absolute atomic E-state index is 0.265. The van der Waals surface area contributed by atoms with Gasteiger partial charge in [-0.05, 0) is 32.6 Å². The number of hydrogen-bond acceptors (Lipinski definition) is 3. The Morgan fingerprint density at radius 1 is 1.40 bits per heavy atom. The summed E-state index contributed by atoms with van der Waals surface area (Å²) < 4.78 is 0. The normalized spacial score (nSPS) is 26.2. The molecule has 1 fully saturated rings. The molecule has 1 saturated heterocycles. The molecule has 0 amide bonds. The first-order chi connectivity index (χ1) is 7.22. The van der Waals surface area contributed by atoms with Crippen molar-refractivity contribution in [2.75, 3.05) is 0 Å². The van der Waals surface area contributed by atoms with Crippen molar-refractivity contribution in [1.29, 1.82) is 0 Å². The number of nitrogens with one attached hydrogen (secondary N) is 1. The highest BCUT2D eigenvalue weighted by Crippen LogP contribution is 2.18. The number of carbonyl (C=O) groups excluding carboxylic acids is 2. The largest absolute Gasteiger partial charge is 0.311 e. The number of hydrogen-bond donors (Lipinski definition) is 1. The molecule has 1 aliphatic heterocycles. The van der Waals surface area contributed by atoms with Crippen LogP contribution in [0.5, 0.6) is 0 Å². The molecule has 1 N–H and O–H groups in total. The molecule has 86 valence electrons. The topological polar surface area (TPSA) is 46.2 Å². The molecule has 0 aromatic heterocycles. The van der Waals surface area contributed by atoms with Crippen LogP contribution in [0.3, 0.4) is 0 Å². The van der Waals surface area contributed by atoms with Gasteiger partial charge in [0.2, 0.25) is 0 Å². The van der Waals surface area contributed by atoms with Gasteiger partial charge in [0.25, 0.3) is 0 Å². The molecule has 3 heteroatoms. The van der Waals surface area contributed by atoms with E-state index in [0.717, 1.165) is 25.5 Å².